The van der Waals surface area contributed by atoms with Crippen molar-refractivity contribution in [3.63, 3.8) is 0 Å². The fourth-order valence-electron chi connectivity index (χ4n) is 1.78. The molecule has 0 radical (unpaired) electrons. The largest absolute Gasteiger partial charge is 0.496 e. The summed E-state index contributed by atoms with van der Waals surface area (Å²) in [6, 6.07) is 7.25. The highest BCUT2D eigenvalue weighted by molar-refractivity contribution is 7.89. The third kappa shape index (κ3) is 4.02. The Balaban J connectivity index is 2.12. The topological polar surface area (TPSA) is 94.3 Å². The molecule has 0 spiro atoms. The zero-order valence-electron chi connectivity index (χ0n) is 11.9. The average molecular weight is 311 g/mol. The molecule has 1 heterocycles. The Hall–Kier alpha value is -1.93. The smallest absolute Gasteiger partial charge is 0.242 e. The Kier molecular flexibility index (Phi) is 4.92. The molecule has 0 saturated carbocycles. The first-order valence-corrected chi connectivity index (χ1v) is 8.14. The summed E-state index contributed by atoms with van der Waals surface area (Å²) in [4.78, 5) is 4.17. The molecule has 2 aromatic rings. The standard InChI is InChI=1S/C13H17N3O4S/c1-3-8-21(17,18)14-9-12-15-13(16-20-12)10-6-4-5-7-11(10)19-2/h4-7,14H,3,8-9H2,1-2H3. The molecule has 2 rings (SSSR count). The summed E-state index contributed by atoms with van der Waals surface area (Å²) in [6.45, 7) is 1.77. The molecule has 0 fully saturated rings. The normalized spacial score (nSPS) is 11.5. The van der Waals surface area contributed by atoms with Gasteiger partial charge >= 0.3 is 0 Å². The van der Waals surface area contributed by atoms with Gasteiger partial charge < -0.3 is 9.26 Å². The summed E-state index contributed by atoms with van der Waals surface area (Å²) in [6.07, 6.45) is 0.547. The van der Waals surface area contributed by atoms with E-state index in [-0.39, 0.29) is 18.2 Å². The minimum Gasteiger partial charge on any atom is -0.496 e. The fourth-order valence-corrected chi connectivity index (χ4v) is 2.80. The van der Waals surface area contributed by atoms with Crippen molar-refractivity contribution in [3.8, 4) is 17.1 Å². The number of para-hydroxylation sites is 1. The number of methoxy groups -OCH3 is 1. The van der Waals surface area contributed by atoms with E-state index >= 15 is 0 Å². The maximum atomic E-state index is 11.6. The maximum Gasteiger partial charge on any atom is 0.242 e. The highest BCUT2D eigenvalue weighted by atomic mass is 32.2. The molecule has 7 nitrogen and oxygen atoms in total. The molecule has 0 atom stereocenters. The lowest BCUT2D eigenvalue weighted by molar-refractivity contribution is 0.375. The van der Waals surface area contributed by atoms with Crippen LogP contribution < -0.4 is 9.46 Å². The first kappa shape index (κ1) is 15.5. The first-order valence-electron chi connectivity index (χ1n) is 6.49. The Morgan fingerprint density at radius 2 is 2.10 bits per heavy atom. The minimum absolute atomic E-state index is 0.0233. The molecule has 1 aromatic heterocycles. The highest BCUT2D eigenvalue weighted by Crippen LogP contribution is 2.26. The van der Waals surface area contributed by atoms with E-state index in [2.05, 4.69) is 14.9 Å². The van der Waals surface area contributed by atoms with Crippen LogP contribution in [0.3, 0.4) is 0 Å². The van der Waals surface area contributed by atoms with Crippen LogP contribution in [0.1, 0.15) is 19.2 Å². The van der Waals surface area contributed by atoms with Crippen molar-refractivity contribution in [2.24, 2.45) is 0 Å². The number of ether oxygens (including phenoxy) is 1. The van der Waals surface area contributed by atoms with Crippen molar-refractivity contribution in [2.45, 2.75) is 19.9 Å². The minimum atomic E-state index is -3.30. The molecule has 0 unspecified atom stereocenters. The SMILES string of the molecule is CCCS(=O)(=O)NCc1nc(-c2ccccc2OC)no1. The van der Waals surface area contributed by atoms with E-state index in [4.69, 9.17) is 9.26 Å². The number of nitrogens with zero attached hydrogens (tertiary/aromatic N) is 2. The van der Waals surface area contributed by atoms with Crippen LogP contribution in [0.15, 0.2) is 28.8 Å². The van der Waals surface area contributed by atoms with Gasteiger partial charge in [-0.05, 0) is 18.6 Å². The van der Waals surface area contributed by atoms with E-state index in [1.807, 2.05) is 12.1 Å². The van der Waals surface area contributed by atoms with E-state index in [1.165, 1.54) is 0 Å². The molecule has 1 aromatic carbocycles. The Morgan fingerprint density at radius 3 is 2.81 bits per heavy atom. The molecule has 114 valence electrons. The zero-order chi connectivity index (χ0) is 15.3. The van der Waals surface area contributed by atoms with Crippen LogP contribution in [0.2, 0.25) is 0 Å². The lowest BCUT2D eigenvalue weighted by atomic mass is 10.2. The number of aromatic nitrogens is 2. The van der Waals surface area contributed by atoms with Crippen molar-refractivity contribution < 1.29 is 17.7 Å². The van der Waals surface area contributed by atoms with Gasteiger partial charge in [0.15, 0.2) is 0 Å². The van der Waals surface area contributed by atoms with Gasteiger partial charge in [0.25, 0.3) is 0 Å². The van der Waals surface area contributed by atoms with Crippen molar-refractivity contribution >= 4 is 10.0 Å². The summed E-state index contributed by atoms with van der Waals surface area (Å²) >= 11 is 0. The Bertz CT molecular complexity index is 697. The molecule has 0 saturated heterocycles. The molecule has 8 heteroatoms. The van der Waals surface area contributed by atoms with Gasteiger partial charge in [-0.25, -0.2) is 13.1 Å². The quantitative estimate of drug-likeness (QED) is 0.834. The highest BCUT2D eigenvalue weighted by Gasteiger charge is 2.15. The van der Waals surface area contributed by atoms with E-state index in [0.29, 0.717) is 23.6 Å². The number of nitrogens with one attached hydrogen (secondary N) is 1. The molecule has 0 aliphatic carbocycles. The number of hydrogen-bond acceptors (Lipinski definition) is 6. The van der Waals surface area contributed by atoms with Gasteiger partial charge in [0.1, 0.15) is 5.75 Å². The molecular weight excluding hydrogens is 294 g/mol. The van der Waals surface area contributed by atoms with Gasteiger partial charge in [-0.1, -0.05) is 24.2 Å². The second-order valence-corrected chi connectivity index (χ2v) is 6.28. The summed E-state index contributed by atoms with van der Waals surface area (Å²) in [7, 11) is -1.75. The number of rotatable bonds is 7. The second kappa shape index (κ2) is 6.68. The van der Waals surface area contributed by atoms with Gasteiger partial charge in [0.2, 0.25) is 21.7 Å². The van der Waals surface area contributed by atoms with Crippen molar-refractivity contribution in [1.82, 2.24) is 14.9 Å². The molecular formula is C13H17N3O4S. The summed E-state index contributed by atoms with van der Waals surface area (Å²) in [5, 5.41) is 3.84. The summed E-state index contributed by atoms with van der Waals surface area (Å²) < 4.78 is 35.8. The number of sulfonamides is 1. The molecule has 0 aliphatic heterocycles. The molecule has 21 heavy (non-hydrogen) atoms. The molecule has 0 amide bonds. The zero-order valence-corrected chi connectivity index (χ0v) is 12.7. The average Bonchev–Trinajstić information content (AvgIpc) is 2.94. The van der Waals surface area contributed by atoms with Crippen LogP contribution in [0.25, 0.3) is 11.4 Å². The predicted octanol–water partition coefficient (Wildman–Crippen LogP) is 1.57. The van der Waals surface area contributed by atoms with E-state index in [1.54, 1.807) is 26.2 Å². The number of hydrogen-bond donors (Lipinski definition) is 1. The maximum absolute atomic E-state index is 11.6. The molecule has 0 aliphatic rings. The lowest BCUT2D eigenvalue weighted by Gasteiger charge is -2.03. The monoisotopic (exact) mass is 311 g/mol. The van der Waals surface area contributed by atoms with Gasteiger partial charge in [-0.15, -0.1) is 0 Å². The fraction of sp³-hybridized carbons (Fsp3) is 0.385. The van der Waals surface area contributed by atoms with E-state index < -0.39 is 10.0 Å². The van der Waals surface area contributed by atoms with Gasteiger partial charge in [0.05, 0.1) is 25.0 Å². The third-order valence-corrected chi connectivity index (χ3v) is 4.26. The van der Waals surface area contributed by atoms with Gasteiger partial charge in [-0.2, -0.15) is 4.98 Å². The summed E-state index contributed by atoms with van der Waals surface area (Å²) in [5.74, 6) is 1.25. The van der Waals surface area contributed by atoms with Gasteiger partial charge in [-0.3, -0.25) is 0 Å². The van der Waals surface area contributed by atoms with Gasteiger partial charge in [0, 0.05) is 0 Å². The summed E-state index contributed by atoms with van der Waals surface area (Å²) in [5.41, 5.74) is 0.686. The molecule has 0 bridgehead atoms. The van der Waals surface area contributed by atoms with Crippen molar-refractivity contribution in [3.05, 3.63) is 30.2 Å². The first-order chi connectivity index (χ1) is 10.1. The predicted molar refractivity (Wildman–Crippen MR) is 77.2 cm³/mol. The van der Waals surface area contributed by atoms with Crippen LogP contribution in [-0.4, -0.2) is 31.4 Å². The second-order valence-electron chi connectivity index (χ2n) is 4.35. The third-order valence-electron chi connectivity index (χ3n) is 2.73. The van der Waals surface area contributed by atoms with Crippen LogP contribution >= 0.6 is 0 Å². The lowest BCUT2D eigenvalue weighted by Crippen LogP contribution is -2.25. The van der Waals surface area contributed by atoms with E-state index in [9.17, 15) is 8.42 Å². The van der Waals surface area contributed by atoms with Crippen LogP contribution in [-0.2, 0) is 16.6 Å². The Morgan fingerprint density at radius 1 is 1.33 bits per heavy atom. The van der Waals surface area contributed by atoms with Crippen LogP contribution in [0.4, 0.5) is 0 Å². The Labute approximate surface area is 123 Å². The molecule has 1 N–H and O–H groups in total. The van der Waals surface area contributed by atoms with Crippen LogP contribution in [0.5, 0.6) is 5.75 Å². The van der Waals surface area contributed by atoms with Crippen LogP contribution in [0, 0.1) is 0 Å². The number of benzene rings is 1. The van der Waals surface area contributed by atoms with Crippen molar-refractivity contribution in [1.29, 1.82) is 0 Å². The van der Waals surface area contributed by atoms with Crippen molar-refractivity contribution in [2.75, 3.05) is 12.9 Å². The van der Waals surface area contributed by atoms with E-state index in [0.717, 1.165) is 0 Å².